The second-order valence-corrected chi connectivity index (χ2v) is 4.83. The van der Waals surface area contributed by atoms with Gasteiger partial charge >= 0.3 is 5.97 Å². The van der Waals surface area contributed by atoms with Crippen molar-refractivity contribution in [3.8, 4) is 0 Å². The zero-order chi connectivity index (χ0) is 10.8. The van der Waals surface area contributed by atoms with Crippen molar-refractivity contribution in [2.24, 2.45) is 0 Å². The molecule has 0 unspecified atom stereocenters. The highest BCUT2D eigenvalue weighted by Crippen LogP contribution is 2.22. The summed E-state index contributed by atoms with van der Waals surface area (Å²) in [5.74, 6) is -0.914. The number of hydrogen-bond acceptors (Lipinski definition) is 2. The molecule has 0 aliphatic rings. The number of carboxylic acids is 1. The average molecular weight is 242 g/mol. The lowest BCUT2D eigenvalue weighted by Crippen LogP contribution is -2.07. The van der Waals surface area contributed by atoms with Crippen LogP contribution >= 0.6 is 22.9 Å². The van der Waals surface area contributed by atoms with Gasteiger partial charge in [0.2, 0.25) is 0 Å². The Morgan fingerprint density at radius 2 is 2.27 bits per heavy atom. The first kappa shape index (κ1) is 10.3. The fourth-order valence-electron chi connectivity index (χ4n) is 1.35. The summed E-state index contributed by atoms with van der Waals surface area (Å²) in [5.41, 5.74) is 0.291. The first-order valence-electron chi connectivity index (χ1n) is 4.29. The lowest BCUT2D eigenvalue weighted by Gasteiger charge is -2.03. The van der Waals surface area contributed by atoms with E-state index in [4.69, 9.17) is 16.7 Å². The number of aromatic carboxylic acids is 1. The van der Waals surface area contributed by atoms with E-state index in [0.29, 0.717) is 16.6 Å². The Morgan fingerprint density at radius 1 is 1.47 bits per heavy atom. The van der Waals surface area contributed by atoms with Gasteiger partial charge in [0, 0.05) is 11.1 Å². The van der Waals surface area contributed by atoms with Crippen LogP contribution < -0.4 is 0 Å². The molecule has 2 heterocycles. The standard InChI is InChI=1S/C10H8ClNO2S/c11-9-4-3-7(15-9)6-12-5-1-2-8(12)10(13)14/h1-5H,6H2,(H,13,14). The van der Waals surface area contributed by atoms with E-state index >= 15 is 0 Å². The highest BCUT2D eigenvalue weighted by molar-refractivity contribution is 7.16. The molecular formula is C10H8ClNO2S. The maximum Gasteiger partial charge on any atom is 0.352 e. The molecule has 78 valence electrons. The Kier molecular flexibility index (Phi) is 2.79. The summed E-state index contributed by atoms with van der Waals surface area (Å²) in [6.07, 6.45) is 1.75. The third kappa shape index (κ3) is 2.22. The molecule has 0 radical (unpaired) electrons. The summed E-state index contributed by atoms with van der Waals surface area (Å²) >= 11 is 7.25. The molecular weight excluding hydrogens is 234 g/mol. The van der Waals surface area contributed by atoms with E-state index in [0.717, 1.165) is 4.88 Å². The Bertz CT molecular complexity index is 489. The first-order valence-corrected chi connectivity index (χ1v) is 5.49. The number of rotatable bonds is 3. The van der Waals surface area contributed by atoms with Gasteiger partial charge in [0.15, 0.2) is 0 Å². The summed E-state index contributed by atoms with van der Waals surface area (Å²) in [4.78, 5) is 11.9. The minimum Gasteiger partial charge on any atom is -0.477 e. The molecule has 0 aliphatic heterocycles. The zero-order valence-corrected chi connectivity index (χ0v) is 9.26. The van der Waals surface area contributed by atoms with Crippen molar-refractivity contribution in [2.75, 3.05) is 0 Å². The van der Waals surface area contributed by atoms with Gasteiger partial charge in [-0.15, -0.1) is 11.3 Å². The van der Waals surface area contributed by atoms with Crippen LogP contribution in [0.25, 0.3) is 0 Å². The van der Waals surface area contributed by atoms with E-state index in [-0.39, 0.29) is 0 Å². The number of nitrogens with zero attached hydrogens (tertiary/aromatic N) is 1. The van der Waals surface area contributed by atoms with Crippen LogP contribution in [0, 0.1) is 0 Å². The van der Waals surface area contributed by atoms with Crippen LogP contribution in [0.5, 0.6) is 0 Å². The van der Waals surface area contributed by atoms with Gasteiger partial charge in [-0.1, -0.05) is 11.6 Å². The van der Waals surface area contributed by atoms with Crippen molar-refractivity contribution in [1.82, 2.24) is 4.57 Å². The fraction of sp³-hybridized carbons (Fsp3) is 0.100. The fourth-order valence-corrected chi connectivity index (χ4v) is 2.44. The van der Waals surface area contributed by atoms with Crippen LogP contribution in [0.15, 0.2) is 30.5 Å². The predicted octanol–water partition coefficient (Wildman–Crippen LogP) is 2.95. The van der Waals surface area contributed by atoms with Crippen LogP contribution in [0.2, 0.25) is 4.34 Å². The second kappa shape index (κ2) is 4.08. The topological polar surface area (TPSA) is 42.2 Å². The van der Waals surface area contributed by atoms with Crippen LogP contribution in [0.3, 0.4) is 0 Å². The van der Waals surface area contributed by atoms with Crippen LogP contribution in [0.1, 0.15) is 15.4 Å². The first-order chi connectivity index (χ1) is 7.16. The Balaban J connectivity index is 2.24. The minimum atomic E-state index is -0.914. The number of hydrogen-bond donors (Lipinski definition) is 1. The largest absolute Gasteiger partial charge is 0.477 e. The van der Waals surface area contributed by atoms with E-state index in [9.17, 15) is 4.79 Å². The van der Waals surface area contributed by atoms with E-state index in [1.165, 1.54) is 11.3 Å². The smallest absolute Gasteiger partial charge is 0.352 e. The van der Waals surface area contributed by atoms with E-state index in [1.54, 1.807) is 22.9 Å². The molecule has 1 N–H and O–H groups in total. The lowest BCUT2D eigenvalue weighted by atomic mass is 10.4. The molecule has 0 saturated carbocycles. The number of carboxylic acid groups (broad SMARTS) is 1. The summed E-state index contributed by atoms with van der Waals surface area (Å²) < 4.78 is 2.40. The molecule has 0 fully saturated rings. The van der Waals surface area contributed by atoms with Gasteiger partial charge in [-0.3, -0.25) is 0 Å². The maximum absolute atomic E-state index is 10.8. The number of halogens is 1. The maximum atomic E-state index is 10.8. The van der Waals surface area contributed by atoms with E-state index in [1.807, 2.05) is 12.1 Å². The van der Waals surface area contributed by atoms with Gasteiger partial charge < -0.3 is 9.67 Å². The van der Waals surface area contributed by atoms with Crippen molar-refractivity contribution < 1.29 is 9.90 Å². The van der Waals surface area contributed by atoms with Gasteiger partial charge in [0.1, 0.15) is 5.69 Å². The van der Waals surface area contributed by atoms with Crippen LogP contribution in [0.4, 0.5) is 0 Å². The van der Waals surface area contributed by atoms with Crippen molar-refractivity contribution in [3.63, 3.8) is 0 Å². The van der Waals surface area contributed by atoms with Gasteiger partial charge in [0.05, 0.1) is 10.9 Å². The summed E-state index contributed by atoms with van der Waals surface area (Å²) in [7, 11) is 0. The molecule has 5 heteroatoms. The molecule has 3 nitrogen and oxygen atoms in total. The van der Waals surface area contributed by atoms with Crippen molar-refractivity contribution in [1.29, 1.82) is 0 Å². The Hall–Kier alpha value is -1.26. The normalized spacial score (nSPS) is 10.5. The van der Waals surface area contributed by atoms with E-state index < -0.39 is 5.97 Å². The molecule has 0 amide bonds. The molecule has 0 aliphatic carbocycles. The van der Waals surface area contributed by atoms with Crippen molar-refractivity contribution in [2.45, 2.75) is 6.54 Å². The SMILES string of the molecule is O=C(O)c1cccn1Cc1ccc(Cl)s1. The van der Waals surface area contributed by atoms with E-state index in [2.05, 4.69) is 0 Å². The lowest BCUT2D eigenvalue weighted by molar-refractivity contribution is 0.0686. The summed E-state index contributed by atoms with van der Waals surface area (Å²) in [6.45, 7) is 0.548. The number of thiophene rings is 1. The molecule has 15 heavy (non-hydrogen) atoms. The molecule has 2 rings (SSSR count). The second-order valence-electron chi connectivity index (χ2n) is 3.03. The highest BCUT2D eigenvalue weighted by atomic mass is 35.5. The molecule has 0 atom stereocenters. The van der Waals surface area contributed by atoms with Gasteiger partial charge in [-0.2, -0.15) is 0 Å². The monoisotopic (exact) mass is 241 g/mol. The van der Waals surface area contributed by atoms with Crippen LogP contribution in [-0.4, -0.2) is 15.6 Å². The molecule has 0 saturated heterocycles. The third-order valence-corrected chi connectivity index (χ3v) is 3.22. The molecule has 0 aromatic carbocycles. The minimum absolute atomic E-state index is 0.291. The number of aromatic nitrogens is 1. The van der Waals surface area contributed by atoms with Gasteiger partial charge in [-0.05, 0) is 24.3 Å². The Morgan fingerprint density at radius 3 is 2.87 bits per heavy atom. The molecule has 2 aromatic heterocycles. The average Bonchev–Trinajstić information content (AvgIpc) is 2.75. The summed E-state index contributed by atoms with van der Waals surface area (Å²) in [5, 5.41) is 8.89. The van der Waals surface area contributed by atoms with Gasteiger partial charge in [-0.25, -0.2) is 4.79 Å². The molecule has 0 bridgehead atoms. The van der Waals surface area contributed by atoms with Crippen LogP contribution in [-0.2, 0) is 6.54 Å². The third-order valence-electron chi connectivity index (χ3n) is 2.00. The Labute approximate surface area is 95.5 Å². The zero-order valence-electron chi connectivity index (χ0n) is 7.68. The highest BCUT2D eigenvalue weighted by Gasteiger charge is 2.09. The quantitative estimate of drug-likeness (QED) is 0.898. The predicted molar refractivity (Wildman–Crippen MR) is 59.8 cm³/mol. The summed E-state index contributed by atoms with van der Waals surface area (Å²) in [6, 6.07) is 7.01. The molecule has 2 aromatic rings. The van der Waals surface area contributed by atoms with Crippen molar-refractivity contribution in [3.05, 3.63) is 45.4 Å². The molecule has 0 spiro atoms. The van der Waals surface area contributed by atoms with Gasteiger partial charge in [0.25, 0.3) is 0 Å². The van der Waals surface area contributed by atoms with Crippen molar-refractivity contribution >= 4 is 28.9 Å². The number of carbonyl (C=O) groups is 1.